The number of nitrogens with one attached hydrogen (secondary N) is 2. The topological polar surface area (TPSA) is 91.2 Å². The molecule has 35 heavy (non-hydrogen) atoms. The Morgan fingerprint density at radius 3 is 2.51 bits per heavy atom. The van der Waals surface area contributed by atoms with Crippen molar-refractivity contribution in [1.29, 1.82) is 5.26 Å². The van der Waals surface area contributed by atoms with Crippen molar-refractivity contribution in [1.82, 2.24) is 5.32 Å². The minimum atomic E-state index is -0.376. The van der Waals surface area contributed by atoms with Gasteiger partial charge in [0.15, 0.2) is 0 Å². The Bertz CT molecular complexity index is 1280. The SMILES string of the molecule is Cc1ccccc1NC(=O)CSC1=C(C#N)C(c2ccc(OCc3ccccc3)cc2)CC(=O)N1. The normalized spacial score (nSPS) is 15.2. The van der Waals surface area contributed by atoms with E-state index in [0.29, 0.717) is 23.0 Å². The van der Waals surface area contributed by atoms with E-state index in [9.17, 15) is 14.9 Å². The molecule has 1 aliphatic heterocycles. The average Bonchev–Trinajstić information content (AvgIpc) is 2.88. The Morgan fingerprint density at radius 2 is 1.80 bits per heavy atom. The summed E-state index contributed by atoms with van der Waals surface area (Å²) in [6.45, 7) is 2.38. The van der Waals surface area contributed by atoms with Crippen molar-refractivity contribution in [3.63, 3.8) is 0 Å². The summed E-state index contributed by atoms with van der Waals surface area (Å²) in [5.74, 6) is 0.0287. The van der Waals surface area contributed by atoms with E-state index in [1.807, 2.05) is 85.8 Å². The number of para-hydroxylation sites is 1. The van der Waals surface area contributed by atoms with Gasteiger partial charge in [-0.1, -0.05) is 72.4 Å². The molecule has 0 spiro atoms. The number of rotatable bonds is 8. The number of ether oxygens (including phenoxy) is 1. The second-order valence-corrected chi connectivity index (χ2v) is 9.14. The lowest BCUT2D eigenvalue weighted by Gasteiger charge is -2.25. The summed E-state index contributed by atoms with van der Waals surface area (Å²) >= 11 is 1.16. The van der Waals surface area contributed by atoms with E-state index in [1.54, 1.807) is 0 Å². The van der Waals surface area contributed by atoms with Gasteiger partial charge in [-0.3, -0.25) is 9.59 Å². The van der Waals surface area contributed by atoms with E-state index >= 15 is 0 Å². The first-order valence-corrected chi connectivity index (χ1v) is 12.2. The van der Waals surface area contributed by atoms with Crippen molar-refractivity contribution >= 4 is 29.3 Å². The first-order chi connectivity index (χ1) is 17.0. The molecule has 1 atom stereocenters. The predicted octanol–water partition coefficient (Wildman–Crippen LogP) is 5.28. The number of hydrogen-bond donors (Lipinski definition) is 2. The minimum Gasteiger partial charge on any atom is -0.489 e. The number of thioether (sulfide) groups is 1. The number of hydrogen-bond acceptors (Lipinski definition) is 5. The molecule has 0 saturated heterocycles. The summed E-state index contributed by atoms with van der Waals surface area (Å²) in [6.07, 6.45) is 0.173. The molecule has 2 N–H and O–H groups in total. The van der Waals surface area contributed by atoms with E-state index in [0.717, 1.165) is 34.1 Å². The largest absolute Gasteiger partial charge is 0.489 e. The Labute approximate surface area is 209 Å². The summed E-state index contributed by atoms with van der Waals surface area (Å²) in [4.78, 5) is 24.9. The van der Waals surface area contributed by atoms with E-state index in [4.69, 9.17) is 4.74 Å². The average molecular weight is 484 g/mol. The zero-order valence-corrected chi connectivity index (χ0v) is 20.1. The maximum absolute atomic E-state index is 12.5. The Balaban J connectivity index is 1.43. The zero-order valence-electron chi connectivity index (χ0n) is 19.3. The highest BCUT2D eigenvalue weighted by Crippen LogP contribution is 2.36. The van der Waals surface area contributed by atoms with Gasteiger partial charge in [0.25, 0.3) is 0 Å². The van der Waals surface area contributed by atoms with Crippen LogP contribution in [-0.2, 0) is 16.2 Å². The Kier molecular flexibility index (Phi) is 7.86. The van der Waals surface area contributed by atoms with Crippen molar-refractivity contribution in [3.8, 4) is 11.8 Å². The number of aryl methyl sites for hydroxylation is 1. The molecule has 0 radical (unpaired) electrons. The Hall–Kier alpha value is -4.02. The third-order valence-electron chi connectivity index (χ3n) is 5.65. The number of carbonyl (C=O) groups is 2. The van der Waals surface area contributed by atoms with Gasteiger partial charge in [0.1, 0.15) is 12.4 Å². The first-order valence-electron chi connectivity index (χ1n) is 11.2. The molecule has 0 fully saturated rings. The third kappa shape index (κ3) is 6.31. The van der Waals surface area contributed by atoms with Gasteiger partial charge in [0.05, 0.1) is 22.4 Å². The lowest BCUT2D eigenvalue weighted by atomic mass is 9.87. The van der Waals surface area contributed by atoms with E-state index in [-0.39, 0.29) is 29.9 Å². The lowest BCUT2D eigenvalue weighted by Crippen LogP contribution is -2.31. The van der Waals surface area contributed by atoms with E-state index in [1.165, 1.54) is 0 Å². The van der Waals surface area contributed by atoms with Crippen molar-refractivity contribution < 1.29 is 14.3 Å². The van der Waals surface area contributed by atoms with Crippen molar-refractivity contribution in [2.75, 3.05) is 11.1 Å². The van der Waals surface area contributed by atoms with Gasteiger partial charge in [-0.2, -0.15) is 5.26 Å². The maximum atomic E-state index is 12.5. The number of carbonyl (C=O) groups excluding carboxylic acids is 2. The number of nitrogens with zero attached hydrogens (tertiary/aromatic N) is 1. The van der Waals surface area contributed by atoms with Crippen LogP contribution >= 0.6 is 11.8 Å². The van der Waals surface area contributed by atoms with Crippen molar-refractivity contribution in [2.45, 2.75) is 25.9 Å². The van der Waals surface area contributed by atoms with Crippen molar-refractivity contribution in [2.24, 2.45) is 0 Å². The molecule has 0 bridgehead atoms. The standard InChI is InChI=1S/C28H25N3O3S/c1-19-7-5-6-10-25(19)30-27(33)18-35-28-24(16-29)23(15-26(32)31-28)21-11-13-22(14-12-21)34-17-20-8-3-2-4-9-20/h2-14,23H,15,17-18H2,1H3,(H,30,33)(H,31,32). The molecular weight excluding hydrogens is 458 g/mol. The number of anilines is 1. The molecule has 3 aromatic rings. The van der Waals surface area contributed by atoms with Crippen LogP contribution in [0, 0.1) is 18.3 Å². The van der Waals surface area contributed by atoms with Gasteiger partial charge in [0, 0.05) is 18.0 Å². The van der Waals surface area contributed by atoms with Crippen LogP contribution in [0.25, 0.3) is 0 Å². The summed E-state index contributed by atoms with van der Waals surface area (Å²) in [6, 6.07) is 27.1. The first kappa shape index (κ1) is 24.1. The molecule has 1 heterocycles. The fourth-order valence-corrected chi connectivity index (χ4v) is 4.67. The van der Waals surface area contributed by atoms with Crippen molar-refractivity contribution in [3.05, 3.63) is 106 Å². The number of nitriles is 1. The molecule has 7 heteroatoms. The molecule has 3 aromatic carbocycles. The molecular formula is C28H25N3O3S. The summed E-state index contributed by atoms with van der Waals surface area (Å²) in [5.41, 5.74) is 4.09. The van der Waals surface area contributed by atoms with Crippen LogP contribution in [0.5, 0.6) is 5.75 Å². The smallest absolute Gasteiger partial charge is 0.234 e. The van der Waals surface area contributed by atoms with Gasteiger partial charge in [-0.05, 0) is 41.8 Å². The van der Waals surface area contributed by atoms with Gasteiger partial charge in [-0.15, -0.1) is 0 Å². The van der Waals surface area contributed by atoms with Crippen LogP contribution in [-0.4, -0.2) is 17.6 Å². The van der Waals surface area contributed by atoms with Gasteiger partial charge >= 0.3 is 0 Å². The van der Waals surface area contributed by atoms with Gasteiger partial charge < -0.3 is 15.4 Å². The molecule has 0 saturated carbocycles. The molecule has 2 amide bonds. The molecule has 0 aliphatic carbocycles. The zero-order chi connectivity index (χ0) is 24.6. The molecule has 1 unspecified atom stereocenters. The Morgan fingerprint density at radius 1 is 1.09 bits per heavy atom. The van der Waals surface area contributed by atoms with Gasteiger partial charge in [0.2, 0.25) is 11.8 Å². The summed E-state index contributed by atoms with van der Waals surface area (Å²) < 4.78 is 5.85. The molecule has 0 aromatic heterocycles. The maximum Gasteiger partial charge on any atom is 0.234 e. The fraction of sp³-hybridized carbons (Fsp3) is 0.179. The molecule has 176 valence electrons. The third-order valence-corrected chi connectivity index (χ3v) is 6.67. The van der Waals surface area contributed by atoms with Crippen LogP contribution in [0.4, 0.5) is 5.69 Å². The molecule has 1 aliphatic rings. The summed E-state index contributed by atoms with van der Waals surface area (Å²) in [5, 5.41) is 16.0. The number of allylic oxidation sites excluding steroid dienone is 1. The van der Waals surface area contributed by atoms with E-state index in [2.05, 4.69) is 16.7 Å². The highest BCUT2D eigenvalue weighted by molar-refractivity contribution is 8.03. The van der Waals surface area contributed by atoms with Gasteiger partial charge in [-0.25, -0.2) is 0 Å². The molecule has 6 nitrogen and oxygen atoms in total. The second kappa shape index (κ2) is 11.4. The summed E-state index contributed by atoms with van der Waals surface area (Å²) in [7, 11) is 0. The van der Waals surface area contributed by atoms with E-state index < -0.39 is 0 Å². The van der Waals surface area contributed by atoms with Crippen LogP contribution in [0.15, 0.2) is 89.5 Å². The van der Waals surface area contributed by atoms with Crippen LogP contribution in [0.3, 0.4) is 0 Å². The quantitative estimate of drug-likeness (QED) is 0.455. The number of amides is 2. The number of benzene rings is 3. The lowest BCUT2D eigenvalue weighted by molar-refractivity contribution is -0.121. The molecule has 4 rings (SSSR count). The second-order valence-electron chi connectivity index (χ2n) is 8.15. The predicted molar refractivity (Wildman–Crippen MR) is 138 cm³/mol. The fourth-order valence-electron chi connectivity index (χ4n) is 3.79. The highest BCUT2D eigenvalue weighted by atomic mass is 32.2. The van der Waals surface area contributed by atoms with Crippen LogP contribution in [0.1, 0.15) is 29.0 Å². The minimum absolute atomic E-state index is 0.0775. The van der Waals surface area contributed by atoms with Crippen LogP contribution < -0.4 is 15.4 Å². The van der Waals surface area contributed by atoms with Crippen LogP contribution in [0.2, 0.25) is 0 Å². The highest BCUT2D eigenvalue weighted by Gasteiger charge is 2.30. The monoisotopic (exact) mass is 483 g/mol.